The first-order valence-corrected chi connectivity index (χ1v) is 7.03. The molecule has 1 aliphatic heterocycles. The predicted octanol–water partition coefficient (Wildman–Crippen LogP) is 1.09. The Morgan fingerprint density at radius 2 is 2.29 bits per heavy atom. The smallest absolute Gasteiger partial charge is 0.410 e. The first kappa shape index (κ1) is 15.8. The summed E-state index contributed by atoms with van der Waals surface area (Å²) in [7, 11) is 1.75. The number of nitrogens with zero attached hydrogens (tertiary/aromatic N) is 3. The number of rotatable bonds is 2. The van der Waals surface area contributed by atoms with Gasteiger partial charge in [0.05, 0.1) is 24.9 Å². The zero-order chi connectivity index (χ0) is 15.6. The van der Waals surface area contributed by atoms with E-state index in [9.17, 15) is 9.90 Å². The molecule has 2 atom stereocenters. The summed E-state index contributed by atoms with van der Waals surface area (Å²) < 4.78 is 12.4. The molecular weight excluding hydrogens is 274 g/mol. The van der Waals surface area contributed by atoms with Crippen molar-refractivity contribution in [2.45, 2.75) is 38.5 Å². The van der Waals surface area contributed by atoms with Gasteiger partial charge in [-0.1, -0.05) is 0 Å². The Hall–Kier alpha value is -1.60. The molecule has 1 amide bonds. The van der Waals surface area contributed by atoms with Crippen molar-refractivity contribution in [3.05, 3.63) is 18.0 Å². The second-order valence-electron chi connectivity index (χ2n) is 6.14. The molecule has 1 aromatic rings. The molecule has 0 bridgehead atoms. The topological polar surface area (TPSA) is 76.8 Å². The van der Waals surface area contributed by atoms with Crippen molar-refractivity contribution < 1.29 is 19.4 Å². The van der Waals surface area contributed by atoms with Crippen LogP contribution < -0.4 is 0 Å². The van der Waals surface area contributed by atoms with Crippen molar-refractivity contribution in [1.82, 2.24) is 14.7 Å². The lowest BCUT2D eigenvalue weighted by atomic mass is 10.1. The van der Waals surface area contributed by atoms with E-state index in [4.69, 9.17) is 9.47 Å². The Balaban J connectivity index is 2.15. The molecule has 0 aliphatic carbocycles. The first-order valence-electron chi connectivity index (χ1n) is 7.03. The van der Waals surface area contributed by atoms with Crippen LogP contribution in [0.4, 0.5) is 4.79 Å². The molecule has 0 saturated carbocycles. The molecule has 0 spiro atoms. The van der Waals surface area contributed by atoms with E-state index < -0.39 is 23.8 Å². The Kier molecular flexibility index (Phi) is 4.53. The van der Waals surface area contributed by atoms with Crippen molar-refractivity contribution in [3.8, 4) is 0 Å². The van der Waals surface area contributed by atoms with Crippen LogP contribution in [0.3, 0.4) is 0 Å². The second kappa shape index (κ2) is 6.03. The van der Waals surface area contributed by atoms with Crippen molar-refractivity contribution >= 4 is 6.09 Å². The Morgan fingerprint density at radius 1 is 1.57 bits per heavy atom. The van der Waals surface area contributed by atoms with E-state index in [1.165, 1.54) is 4.90 Å². The van der Waals surface area contributed by atoms with Crippen LogP contribution in [0, 0.1) is 0 Å². The van der Waals surface area contributed by atoms with Gasteiger partial charge in [0.15, 0.2) is 0 Å². The number of carbonyl (C=O) groups excluding carboxylic acids is 1. The molecule has 2 rings (SSSR count). The lowest BCUT2D eigenvalue weighted by Crippen LogP contribution is -2.53. The van der Waals surface area contributed by atoms with E-state index in [-0.39, 0.29) is 6.61 Å². The number of hydrogen-bond acceptors (Lipinski definition) is 5. The number of aliphatic hydroxyl groups is 1. The number of aliphatic hydroxyl groups excluding tert-OH is 1. The molecule has 2 heterocycles. The maximum atomic E-state index is 12.3. The molecule has 1 saturated heterocycles. The number of amides is 1. The van der Waals surface area contributed by atoms with Crippen LogP contribution in [0.5, 0.6) is 0 Å². The van der Waals surface area contributed by atoms with Gasteiger partial charge in [0.25, 0.3) is 0 Å². The summed E-state index contributed by atoms with van der Waals surface area (Å²) in [5.74, 6) is 0. The Labute approximate surface area is 124 Å². The number of aromatic nitrogens is 2. The number of aryl methyl sites for hydroxylation is 1. The van der Waals surface area contributed by atoms with Gasteiger partial charge in [-0.25, -0.2) is 4.79 Å². The standard InChI is InChI=1S/C14H23N3O4/c1-14(2,3)21-13(19)17-7-8-20-9-11(17)12(18)10-5-6-15-16(10)4/h5-6,11-12,18H,7-9H2,1-4H3. The lowest BCUT2D eigenvalue weighted by molar-refractivity contribution is -0.0688. The zero-order valence-corrected chi connectivity index (χ0v) is 12.9. The van der Waals surface area contributed by atoms with Gasteiger partial charge in [-0.2, -0.15) is 5.10 Å². The normalized spacial score (nSPS) is 21.2. The highest BCUT2D eigenvalue weighted by Crippen LogP contribution is 2.24. The van der Waals surface area contributed by atoms with Crippen LogP contribution >= 0.6 is 0 Å². The number of hydrogen-bond donors (Lipinski definition) is 1. The van der Waals surface area contributed by atoms with Gasteiger partial charge in [0.1, 0.15) is 11.7 Å². The molecule has 7 nitrogen and oxygen atoms in total. The maximum absolute atomic E-state index is 12.3. The monoisotopic (exact) mass is 297 g/mol. The fraction of sp³-hybridized carbons (Fsp3) is 0.714. The van der Waals surface area contributed by atoms with E-state index in [0.29, 0.717) is 18.8 Å². The quantitative estimate of drug-likeness (QED) is 0.884. The third kappa shape index (κ3) is 3.74. The first-order chi connectivity index (χ1) is 9.79. The number of morpholine rings is 1. The van der Waals surface area contributed by atoms with Gasteiger partial charge < -0.3 is 14.6 Å². The zero-order valence-electron chi connectivity index (χ0n) is 12.9. The molecule has 1 N–H and O–H groups in total. The molecule has 1 aromatic heterocycles. The maximum Gasteiger partial charge on any atom is 0.410 e. The molecule has 1 aliphatic rings. The fourth-order valence-corrected chi connectivity index (χ4v) is 2.30. The van der Waals surface area contributed by atoms with Crippen molar-refractivity contribution in [2.75, 3.05) is 19.8 Å². The molecule has 0 aromatic carbocycles. The molecule has 118 valence electrons. The average molecular weight is 297 g/mol. The van der Waals surface area contributed by atoms with Crippen LogP contribution in [0.25, 0.3) is 0 Å². The van der Waals surface area contributed by atoms with Gasteiger partial charge >= 0.3 is 6.09 Å². The summed E-state index contributed by atoms with van der Waals surface area (Å²) >= 11 is 0. The van der Waals surface area contributed by atoms with Crippen LogP contribution in [-0.2, 0) is 16.5 Å². The van der Waals surface area contributed by atoms with E-state index in [1.54, 1.807) is 24.0 Å². The Bertz CT molecular complexity index is 495. The van der Waals surface area contributed by atoms with Crippen LogP contribution in [0.1, 0.15) is 32.6 Å². The molecular formula is C14H23N3O4. The third-order valence-electron chi connectivity index (χ3n) is 3.32. The summed E-state index contributed by atoms with van der Waals surface area (Å²) in [6.45, 7) is 6.56. The summed E-state index contributed by atoms with van der Waals surface area (Å²) in [6.07, 6.45) is 0.308. The van der Waals surface area contributed by atoms with Crippen molar-refractivity contribution in [2.24, 2.45) is 7.05 Å². The largest absolute Gasteiger partial charge is 0.444 e. The summed E-state index contributed by atoms with van der Waals surface area (Å²) in [4.78, 5) is 13.8. The van der Waals surface area contributed by atoms with Gasteiger partial charge in [0.2, 0.25) is 0 Å². The van der Waals surface area contributed by atoms with E-state index in [1.807, 2.05) is 20.8 Å². The highest BCUT2D eigenvalue weighted by atomic mass is 16.6. The fourth-order valence-electron chi connectivity index (χ4n) is 2.30. The summed E-state index contributed by atoms with van der Waals surface area (Å²) in [5, 5.41) is 14.6. The van der Waals surface area contributed by atoms with Gasteiger partial charge in [-0.05, 0) is 26.8 Å². The molecule has 7 heteroatoms. The third-order valence-corrected chi connectivity index (χ3v) is 3.32. The van der Waals surface area contributed by atoms with E-state index in [0.717, 1.165) is 0 Å². The van der Waals surface area contributed by atoms with Gasteiger partial charge in [-0.15, -0.1) is 0 Å². The molecule has 1 fully saturated rings. The minimum Gasteiger partial charge on any atom is -0.444 e. The highest BCUT2D eigenvalue weighted by Gasteiger charge is 2.36. The van der Waals surface area contributed by atoms with Crippen molar-refractivity contribution in [3.63, 3.8) is 0 Å². The minimum absolute atomic E-state index is 0.269. The van der Waals surface area contributed by atoms with E-state index in [2.05, 4.69) is 5.10 Å². The molecule has 2 unspecified atom stereocenters. The molecule has 21 heavy (non-hydrogen) atoms. The lowest BCUT2D eigenvalue weighted by Gasteiger charge is -2.38. The van der Waals surface area contributed by atoms with Crippen LogP contribution in [0.2, 0.25) is 0 Å². The van der Waals surface area contributed by atoms with E-state index >= 15 is 0 Å². The van der Waals surface area contributed by atoms with Crippen LogP contribution in [-0.4, -0.2) is 57.3 Å². The second-order valence-corrected chi connectivity index (χ2v) is 6.14. The van der Waals surface area contributed by atoms with Gasteiger partial charge in [0, 0.05) is 19.8 Å². The SMILES string of the molecule is Cn1nccc1C(O)C1COCCN1C(=O)OC(C)(C)C. The number of carbonyl (C=O) groups is 1. The average Bonchev–Trinajstić information content (AvgIpc) is 2.82. The van der Waals surface area contributed by atoms with Crippen molar-refractivity contribution in [1.29, 1.82) is 0 Å². The summed E-state index contributed by atoms with van der Waals surface area (Å²) in [6, 6.07) is 1.25. The summed E-state index contributed by atoms with van der Waals surface area (Å²) in [5.41, 5.74) is 0.0660. The minimum atomic E-state index is -0.870. The highest BCUT2D eigenvalue weighted by molar-refractivity contribution is 5.68. The predicted molar refractivity (Wildman–Crippen MR) is 75.7 cm³/mol. The number of ether oxygens (including phenoxy) is 2. The van der Waals surface area contributed by atoms with Crippen LogP contribution in [0.15, 0.2) is 12.3 Å². The van der Waals surface area contributed by atoms with Gasteiger partial charge in [-0.3, -0.25) is 9.58 Å². The molecule has 0 radical (unpaired) electrons. The Morgan fingerprint density at radius 3 is 2.86 bits per heavy atom.